The van der Waals surface area contributed by atoms with E-state index in [-0.39, 0.29) is 16.4 Å². The first-order valence-corrected chi connectivity index (χ1v) is 6.41. The fraction of sp³-hybridized carbons (Fsp3) is 0.0714. The van der Waals surface area contributed by atoms with Crippen molar-refractivity contribution in [2.45, 2.75) is 4.90 Å². The number of rotatable bonds is 4. The normalized spacial score (nSPS) is 10.5. The highest BCUT2D eigenvalue weighted by Crippen LogP contribution is 2.23. The minimum atomic E-state index is -0.697. The second-order valence-corrected chi connectivity index (χ2v) is 4.81. The van der Waals surface area contributed by atoms with Gasteiger partial charge in [-0.25, -0.2) is 13.2 Å². The maximum absolute atomic E-state index is 13.3. The highest BCUT2D eigenvalue weighted by atomic mass is 32.2. The number of hydrogen-bond acceptors (Lipinski definition) is 2. The Hall–Kier alpha value is -1.75. The number of Topliss-reactive ketones (excluding diaryl/α,β-unsaturated/α-hetero) is 1. The van der Waals surface area contributed by atoms with Crippen LogP contribution in [-0.2, 0) is 0 Å². The third-order valence-corrected chi connectivity index (χ3v) is 3.47. The topological polar surface area (TPSA) is 17.1 Å². The van der Waals surface area contributed by atoms with Crippen LogP contribution in [-0.4, -0.2) is 11.5 Å². The van der Waals surface area contributed by atoms with Gasteiger partial charge >= 0.3 is 0 Å². The lowest BCUT2D eigenvalue weighted by Gasteiger charge is -2.03. The molecule has 0 spiro atoms. The highest BCUT2D eigenvalue weighted by Gasteiger charge is 2.09. The molecule has 0 aliphatic rings. The van der Waals surface area contributed by atoms with Gasteiger partial charge in [0.05, 0.1) is 5.75 Å². The summed E-state index contributed by atoms with van der Waals surface area (Å²) in [7, 11) is 0. The van der Waals surface area contributed by atoms with Crippen LogP contribution in [0.1, 0.15) is 10.4 Å². The van der Waals surface area contributed by atoms with Gasteiger partial charge in [-0.15, -0.1) is 11.8 Å². The number of hydrogen-bond donors (Lipinski definition) is 0. The summed E-state index contributed by atoms with van der Waals surface area (Å²) in [6.45, 7) is 0. The molecule has 98 valence electrons. The Morgan fingerprint density at radius 3 is 2.21 bits per heavy atom. The summed E-state index contributed by atoms with van der Waals surface area (Å²) in [5, 5.41) is 0. The Kier molecular flexibility index (Phi) is 4.27. The van der Waals surface area contributed by atoms with E-state index >= 15 is 0 Å². The van der Waals surface area contributed by atoms with E-state index in [4.69, 9.17) is 0 Å². The maximum atomic E-state index is 13.3. The van der Waals surface area contributed by atoms with E-state index < -0.39 is 17.5 Å². The Labute approximate surface area is 112 Å². The number of thioether (sulfide) groups is 1. The Morgan fingerprint density at radius 1 is 0.947 bits per heavy atom. The van der Waals surface area contributed by atoms with Gasteiger partial charge in [0.25, 0.3) is 0 Å². The molecule has 0 unspecified atom stereocenters. The molecule has 0 saturated heterocycles. The van der Waals surface area contributed by atoms with Crippen LogP contribution in [0.25, 0.3) is 0 Å². The van der Waals surface area contributed by atoms with Gasteiger partial charge in [0.1, 0.15) is 17.5 Å². The quantitative estimate of drug-likeness (QED) is 0.621. The monoisotopic (exact) mass is 282 g/mol. The van der Waals surface area contributed by atoms with Crippen LogP contribution < -0.4 is 0 Å². The van der Waals surface area contributed by atoms with Crippen LogP contribution in [0.4, 0.5) is 13.2 Å². The summed E-state index contributed by atoms with van der Waals surface area (Å²) in [5.41, 5.74) is 0.358. The second-order valence-electron chi connectivity index (χ2n) is 3.79. The molecule has 2 aromatic carbocycles. The van der Waals surface area contributed by atoms with Crippen molar-refractivity contribution in [3.63, 3.8) is 0 Å². The van der Waals surface area contributed by atoms with E-state index in [1.165, 1.54) is 30.3 Å². The fourth-order valence-corrected chi connectivity index (χ4v) is 2.27. The predicted molar refractivity (Wildman–Crippen MR) is 67.8 cm³/mol. The van der Waals surface area contributed by atoms with Gasteiger partial charge < -0.3 is 0 Å². The Morgan fingerprint density at radius 2 is 1.58 bits per heavy atom. The molecule has 0 aliphatic heterocycles. The first-order valence-electron chi connectivity index (χ1n) is 5.43. The van der Waals surface area contributed by atoms with Crippen molar-refractivity contribution in [3.8, 4) is 0 Å². The van der Waals surface area contributed by atoms with Crippen molar-refractivity contribution in [2.75, 3.05) is 5.75 Å². The van der Waals surface area contributed by atoms with E-state index in [0.29, 0.717) is 5.56 Å². The van der Waals surface area contributed by atoms with Crippen LogP contribution in [0.2, 0.25) is 0 Å². The number of carbonyl (C=O) groups is 1. The van der Waals surface area contributed by atoms with Crippen LogP contribution >= 0.6 is 11.8 Å². The molecular formula is C14H9F3OS. The lowest BCUT2D eigenvalue weighted by Crippen LogP contribution is -2.02. The molecule has 2 aromatic rings. The first kappa shape index (κ1) is 13.7. The van der Waals surface area contributed by atoms with Gasteiger partial charge in [-0.3, -0.25) is 4.79 Å². The predicted octanol–water partition coefficient (Wildman–Crippen LogP) is 4.08. The molecule has 0 bridgehead atoms. The molecule has 0 heterocycles. The van der Waals surface area contributed by atoms with Crippen molar-refractivity contribution in [1.29, 1.82) is 0 Å². The van der Waals surface area contributed by atoms with E-state index in [9.17, 15) is 18.0 Å². The smallest absolute Gasteiger partial charge is 0.173 e. The van der Waals surface area contributed by atoms with E-state index in [1.54, 1.807) is 0 Å². The minimum absolute atomic E-state index is 0.00812. The molecule has 0 fully saturated rings. The summed E-state index contributed by atoms with van der Waals surface area (Å²) >= 11 is 0.978. The molecule has 0 atom stereocenters. The van der Waals surface area contributed by atoms with Crippen LogP contribution in [0, 0.1) is 17.5 Å². The van der Waals surface area contributed by atoms with Gasteiger partial charge in [0.15, 0.2) is 5.78 Å². The van der Waals surface area contributed by atoms with Gasteiger partial charge in [-0.2, -0.15) is 0 Å². The molecule has 0 N–H and O–H groups in total. The molecule has 5 heteroatoms. The summed E-state index contributed by atoms with van der Waals surface area (Å²) in [6, 6.07) is 8.32. The fourth-order valence-electron chi connectivity index (χ4n) is 1.45. The average molecular weight is 282 g/mol. The average Bonchev–Trinajstić information content (AvgIpc) is 2.38. The summed E-state index contributed by atoms with van der Waals surface area (Å²) in [6.07, 6.45) is 0. The summed E-state index contributed by atoms with van der Waals surface area (Å²) in [4.78, 5) is 12.0. The van der Waals surface area contributed by atoms with E-state index in [2.05, 4.69) is 0 Å². The third-order valence-electron chi connectivity index (χ3n) is 2.42. The van der Waals surface area contributed by atoms with Gasteiger partial charge in [0, 0.05) is 16.5 Å². The summed E-state index contributed by atoms with van der Waals surface area (Å²) in [5.74, 6) is -2.01. The number of benzene rings is 2. The van der Waals surface area contributed by atoms with Crippen LogP contribution in [0.15, 0.2) is 47.4 Å². The molecule has 0 radical (unpaired) electrons. The lowest BCUT2D eigenvalue weighted by molar-refractivity contribution is 0.102. The van der Waals surface area contributed by atoms with E-state index in [1.807, 2.05) is 0 Å². The minimum Gasteiger partial charge on any atom is -0.293 e. The van der Waals surface area contributed by atoms with Crippen molar-refractivity contribution in [2.24, 2.45) is 0 Å². The molecule has 0 aromatic heterocycles. The van der Waals surface area contributed by atoms with Crippen molar-refractivity contribution in [1.82, 2.24) is 0 Å². The van der Waals surface area contributed by atoms with Gasteiger partial charge in [-0.1, -0.05) is 0 Å². The molecule has 0 aliphatic carbocycles. The van der Waals surface area contributed by atoms with Crippen molar-refractivity contribution < 1.29 is 18.0 Å². The summed E-state index contributed by atoms with van der Waals surface area (Å²) < 4.78 is 38.7. The largest absolute Gasteiger partial charge is 0.293 e. The Balaban J connectivity index is 2.02. The SMILES string of the molecule is O=C(CSc1ccc(F)cc1F)c1ccc(F)cc1. The Bertz CT molecular complexity index is 596. The standard InChI is InChI=1S/C14H9F3OS/c15-10-3-1-9(2-4-10)13(18)8-19-14-6-5-11(16)7-12(14)17/h1-7H,8H2. The maximum Gasteiger partial charge on any atom is 0.173 e. The third kappa shape index (κ3) is 3.61. The van der Waals surface area contributed by atoms with Crippen molar-refractivity contribution in [3.05, 3.63) is 65.5 Å². The molecule has 1 nitrogen and oxygen atoms in total. The lowest BCUT2D eigenvalue weighted by atomic mass is 10.1. The van der Waals surface area contributed by atoms with E-state index in [0.717, 1.165) is 23.9 Å². The van der Waals surface area contributed by atoms with Gasteiger partial charge in [0.2, 0.25) is 0 Å². The molecule has 19 heavy (non-hydrogen) atoms. The molecule has 0 saturated carbocycles. The molecule has 0 amide bonds. The molecular weight excluding hydrogens is 273 g/mol. The highest BCUT2D eigenvalue weighted by molar-refractivity contribution is 8.00. The zero-order chi connectivity index (χ0) is 13.8. The van der Waals surface area contributed by atoms with Crippen molar-refractivity contribution >= 4 is 17.5 Å². The molecule has 2 rings (SSSR count). The number of halogens is 3. The number of carbonyl (C=O) groups excluding carboxylic acids is 1. The zero-order valence-corrected chi connectivity index (χ0v) is 10.5. The van der Waals surface area contributed by atoms with Crippen LogP contribution in [0.3, 0.4) is 0 Å². The van der Waals surface area contributed by atoms with Crippen LogP contribution in [0.5, 0.6) is 0 Å². The van der Waals surface area contributed by atoms with Gasteiger partial charge in [-0.05, 0) is 36.4 Å². The first-order chi connectivity index (χ1) is 9.06. The number of ketones is 1. The zero-order valence-electron chi connectivity index (χ0n) is 9.70. The second kappa shape index (κ2) is 5.93.